The summed E-state index contributed by atoms with van der Waals surface area (Å²) in [6.45, 7) is 3.69. The van der Waals surface area contributed by atoms with Gasteiger partial charge in [0.25, 0.3) is 0 Å². The van der Waals surface area contributed by atoms with Crippen LogP contribution < -0.4 is 10.1 Å². The number of rotatable bonds is 4. The zero-order valence-corrected chi connectivity index (χ0v) is 14.0. The summed E-state index contributed by atoms with van der Waals surface area (Å²) >= 11 is 0. The maximum atomic E-state index is 13.0. The van der Waals surface area contributed by atoms with Crippen molar-refractivity contribution >= 4 is 0 Å². The molecule has 0 spiro atoms. The molecule has 24 heavy (non-hydrogen) atoms. The minimum absolute atomic E-state index is 0.145. The Kier molecular flexibility index (Phi) is 5.35. The lowest BCUT2D eigenvalue weighted by molar-refractivity contribution is -0.137. The highest BCUT2D eigenvalue weighted by molar-refractivity contribution is 5.41. The second-order valence-electron chi connectivity index (χ2n) is 6.73. The van der Waals surface area contributed by atoms with Gasteiger partial charge in [-0.2, -0.15) is 13.2 Å². The monoisotopic (exact) mass is 342 g/mol. The molecule has 1 heterocycles. The Morgan fingerprint density at radius 3 is 2.42 bits per heavy atom. The Bertz CT molecular complexity index is 550. The van der Waals surface area contributed by atoms with Crippen LogP contribution >= 0.6 is 0 Å². The molecule has 1 aliphatic heterocycles. The zero-order chi connectivity index (χ0) is 17.2. The molecule has 1 saturated heterocycles. The van der Waals surface area contributed by atoms with E-state index in [2.05, 4.69) is 10.2 Å². The van der Waals surface area contributed by atoms with Gasteiger partial charge in [0.1, 0.15) is 5.75 Å². The van der Waals surface area contributed by atoms with E-state index in [4.69, 9.17) is 4.74 Å². The third-order valence-corrected chi connectivity index (χ3v) is 5.27. The van der Waals surface area contributed by atoms with E-state index < -0.39 is 11.7 Å². The summed E-state index contributed by atoms with van der Waals surface area (Å²) < 4.78 is 44.4. The maximum absolute atomic E-state index is 13.0. The third-order valence-electron chi connectivity index (χ3n) is 5.27. The fourth-order valence-electron chi connectivity index (χ4n) is 4.11. The van der Waals surface area contributed by atoms with Gasteiger partial charge in [0.15, 0.2) is 0 Å². The van der Waals surface area contributed by atoms with Crippen molar-refractivity contribution < 1.29 is 17.9 Å². The largest absolute Gasteiger partial charge is 0.496 e. The molecule has 0 amide bonds. The number of halogens is 3. The fourth-order valence-corrected chi connectivity index (χ4v) is 4.11. The van der Waals surface area contributed by atoms with Crippen LogP contribution in [0.4, 0.5) is 13.2 Å². The zero-order valence-electron chi connectivity index (χ0n) is 14.0. The van der Waals surface area contributed by atoms with Gasteiger partial charge in [-0.15, -0.1) is 0 Å². The molecule has 0 radical (unpaired) electrons. The Labute approximate surface area is 141 Å². The van der Waals surface area contributed by atoms with E-state index >= 15 is 0 Å². The van der Waals surface area contributed by atoms with Crippen molar-refractivity contribution in [3.05, 3.63) is 29.3 Å². The van der Waals surface area contributed by atoms with Gasteiger partial charge in [-0.25, -0.2) is 0 Å². The quantitative estimate of drug-likeness (QED) is 0.899. The summed E-state index contributed by atoms with van der Waals surface area (Å²) in [5.74, 6) is 0.856. The standard InChI is InChI=1S/C18H25F3N2O/c1-24-16-12-14(18(19,20)21)6-7-15(16)17(13-4-2-3-5-13)23-10-8-22-9-11-23/h6-7,12-13,17,22H,2-5,8-11H2,1H3/t17-/m0/s1. The summed E-state index contributed by atoms with van der Waals surface area (Å²) in [6.07, 6.45) is 0.341. The number of nitrogens with one attached hydrogen (secondary N) is 1. The maximum Gasteiger partial charge on any atom is 0.416 e. The fraction of sp³-hybridized carbons (Fsp3) is 0.667. The molecule has 2 aliphatic rings. The smallest absolute Gasteiger partial charge is 0.416 e. The topological polar surface area (TPSA) is 24.5 Å². The van der Waals surface area contributed by atoms with Crippen molar-refractivity contribution in [3.8, 4) is 5.75 Å². The molecule has 3 rings (SSSR count). The molecule has 1 aromatic rings. The Balaban J connectivity index is 1.96. The highest BCUT2D eigenvalue weighted by Gasteiger charge is 2.36. The van der Waals surface area contributed by atoms with Crippen LogP contribution in [0, 0.1) is 5.92 Å². The van der Waals surface area contributed by atoms with Crippen molar-refractivity contribution in [1.29, 1.82) is 0 Å². The molecule has 1 atom stereocenters. The number of nitrogens with zero attached hydrogens (tertiary/aromatic N) is 1. The molecule has 1 aliphatic carbocycles. The van der Waals surface area contributed by atoms with Crippen LogP contribution in [0.2, 0.25) is 0 Å². The number of ether oxygens (including phenoxy) is 1. The van der Waals surface area contributed by atoms with E-state index in [1.54, 1.807) is 6.07 Å². The minimum atomic E-state index is -4.34. The molecular weight excluding hydrogens is 317 g/mol. The first-order chi connectivity index (χ1) is 11.5. The highest BCUT2D eigenvalue weighted by Crippen LogP contribution is 2.44. The van der Waals surface area contributed by atoms with Gasteiger partial charge in [-0.3, -0.25) is 4.90 Å². The first kappa shape index (κ1) is 17.5. The second kappa shape index (κ2) is 7.31. The second-order valence-corrected chi connectivity index (χ2v) is 6.73. The van der Waals surface area contributed by atoms with Crippen LogP contribution in [-0.4, -0.2) is 38.2 Å². The Morgan fingerprint density at radius 2 is 1.83 bits per heavy atom. The van der Waals surface area contributed by atoms with E-state index in [0.29, 0.717) is 11.7 Å². The van der Waals surface area contributed by atoms with Crippen LogP contribution in [0.3, 0.4) is 0 Å². The molecule has 2 fully saturated rings. The van der Waals surface area contributed by atoms with Crippen molar-refractivity contribution in [2.75, 3.05) is 33.3 Å². The Morgan fingerprint density at radius 1 is 1.17 bits per heavy atom. The van der Waals surface area contributed by atoms with Crippen LogP contribution in [0.1, 0.15) is 42.9 Å². The molecule has 6 heteroatoms. The normalized spacial score (nSPS) is 21.8. The SMILES string of the molecule is COc1cc(C(F)(F)F)ccc1[C@H](C1CCCC1)N1CCNCC1. The predicted octanol–water partition coefficient (Wildman–Crippen LogP) is 3.85. The van der Waals surface area contributed by atoms with Gasteiger partial charge in [0.2, 0.25) is 0 Å². The summed E-state index contributed by atoms with van der Waals surface area (Å²) in [5.41, 5.74) is 0.257. The van der Waals surface area contributed by atoms with Gasteiger partial charge >= 0.3 is 6.18 Å². The molecule has 1 N–H and O–H groups in total. The summed E-state index contributed by atoms with van der Waals surface area (Å²) in [7, 11) is 1.46. The van der Waals surface area contributed by atoms with Crippen LogP contribution in [0.5, 0.6) is 5.75 Å². The lowest BCUT2D eigenvalue weighted by atomic mass is 9.88. The van der Waals surface area contributed by atoms with Crippen molar-refractivity contribution in [2.24, 2.45) is 5.92 Å². The lowest BCUT2D eigenvalue weighted by Crippen LogP contribution is -2.46. The molecule has 1 saturated carbocycles. The van der Waals surface area contributed by atoms with Gasteiger partial charge in [0, 0.05) is 37.8 Å². The van der Waals surface area contributed by atoms with E-state index in [1.807, 2.05) is 0 Å². The van der Waals surface area contributed by atoms with E-state index in [0.717, 1.165) is 50.7 Å². The lowest BCUT2D eigenvalue weighted by Gasteiger charge is -2.39. The van der Waals surface area contributed by atoms with E-state index in [-0.39, 0.29) is 6.04 Å². The molecule has 0 bridgehead atoms. The minimum Gasteiger partial charge on any atom is -0.496 e. The van der Waals surface area contributed by atoms with Crippen LogP contribution in [-0.2, 0) is 6.18 Å². The van der Waals surface area contributed by atoms with Gasteiger partial charge in [-0.05, 0) is 30.9 Å². The third kappa shape index (κ3) is 3.70. The van der Waals surface area contributed by atoms with Crippen LogP contribution in [0.15, 0.2) is 18.2 Å². The average molecular weight is 342 g/mol. The van der Waals surface area contributed by atoms with Gasteiger partial charge < -0.3 is 10.1 Å². The average Bonchev–Trinajstić information content (AvgIpc) is 3.09. The van der Waals surface area contributed by atoms with Crippen LogP contribution in [0.25, 0.3) is 0 Å². The molecule has 1 aromatic carbocycles. The number of hydrogen-bond acceptors (Lipinski definition) is 3. The first-order valence-electron chi connectivity index (χ1n) is 8.70. The number of hydrogen-bond donors (Lipinski definition) is 1. The summed E-state index contributed by atoms with van der Waals surface area (Å²) in [4.78, 5) is 2.41. The Hall–Kier alpha value is -1.27. The number of alkyl halides is 3. The van der Waals surface area contributed by atoms with Gasteiger partial charge in [-0.1, -0.05) is 18.9 Å². The molecule has 3 nitrogen and oxygen atoms in total. The summed E-state index contributed by atoms with van der Waals surface area (Å²) in [6, 6.07) is 4.13. The predicted molar refractivity (Wildman–Crippen MR) is 87.1 cm³/mol. The molecule has 0 unspecified atom stereocenters. The highest BCUT2D eigenvalue weighted by atomic mass is 19.4. The number of benzene rings is 1. The number of piperazine rings is 1. The summed E-state index contributed by atoms with van der Waals surface area (Å²) in [5, 5.41) is 3.35. The van der Waals surface area contributed by atoms with E-state index in [1.165, 1.54) is 26.0 Å². The number of methoxy groups -OCH3 is 1. The van der Waals surface area contributed by atoms with Crippen molar-refractivity contribution in [1.82, 2.24) is 10.2 Å². The molecular formula is C18H25F3N2O. The van der Waals surface area contributed by atoms with Gasteiger partial charge in [0.05, 0.1) is 12.7 Å². The molecule has 0 aromatic heterocycles. The first-order valence-corrected chi connectivity index (χ1v) is 8.70. The van der Waals surface area contributed by atoms with Crippen molar-refractivity contribution in [3.63, 3.8) is 0 Å². The van der Waals surface area contributed by atoms with Crippen molar-refractivity contribution in [2.45, 2.75) is 37.9 Å². The van der Waals surface area contributed by atoms with E-state index in [9.17, 15) is 13.2 Å². The molecule has 134 valence electrons.